The van der Waals surface area contributed by atoms with Crippen molar-refractivity contribution >= 4 is 23.0 Å². The molecule has 28 heavy (non-hydrogen) atoms. The predicted octanol–water partition coefficient (Wildman–Crippen LogP) is 2.15. The maximum absolute atomic E-state index is 8.84. The molecule has 9 nitrogen and oxygen atoms in total. The van der Waals surface area contributed by atoms with E-state index in [9.17, 15) is 0 Å². The van der Waals surface area contributed by atoms with Crippen LogP contribution in [0.15, 0.2) is 18.2 Å². The largest absolute Gasteiger partial charge is 0.475 e. The minimum atomic E-state index is -0.0593. The first-order chi connectivity index (χ1) is 13.6. The van der Waals surface area contributed by atoms with Crippen LogP contribution in [0.2, 0.25) is 0 Å². The van der Waals surface area contributed by atoms with Crippen LogP contribution < -0.4 is 15.8 Å². The lowest BCUT2D eigenvalue weighted by Gasteiger charge is -2.11. The summed E-state index contributed by atoms with van der Waals surface area (Å²) in [6.07, 6.45) is 1.39. The molecule has 146 valence electrons. The van der Waals surface area contributed by atoms with Gasteiger partial charge in [-0.15, -0.1) is 0 Å². The molecule has 0 aliphatic rings. The van der Waals surface area contributed by atoms with E-state index in [0.29, 0.717) is 30.3 Å². The third kappa shape index (κ3) is 3.82. The molecule has 4 N–H and O–H groups in total. The fraction of sp³-hybridized carbons (Fsp3) is 0.368. The van der Waals surface area contributed by atoms with Gasteiger partial charge in [0, 0.05) is 30.3 Å². The van der Waals surface area contributed by atoms with Crippen LogP contribution in [0.25, 0.3) is 10.5 Å². The van der Waals surface area contributed by atoms with E-state index in [4.69, 9.17) is 22.1 Å². The summed E-state index contributed by atoms with van der Waals surface area (Å²) in [5.74, 6) is 1.20. The van der Waals surface area contributed by atoms with Gasteiger partial charge in [0.15, 0.2) is 5.65 Å². The Morgan fingerprint density at radius 1 is 1.36 bits per heavy atom. The Kier molecular flexibility index (Phi) is 5.91. The van der Waals surface area contributed by atoms with E-state index in [1.54, 1.807) is 6.07 Å². The van der Waals surface area contributed by atoms with Crippen molar-refractivity contribution in [3.05, 3.63) is 46.6 Å². The molecule has 0 bridgehead atoms. The maximum Gasteiger partial charge on any atom is 0.268 e. The lowest BCUT2D eigenvalue weighted by molar-refractivity contribution is 0.196. The van der Waals surface area contributed by atoms with Gasteiger partial charge in [0.1, 0.15) is 18.2 Å². The first-order valence-corrected chi connectivity index (χ1v) is 9.07. The summed E-state index contributed by atoms with van der Waals surface area (Å²) in [7, 11) is 0. The minimum Gasteiger partial charge on any atom is -0.475 e. The van der Waals surface area contributed by atoms with Crippen LogP contribution in [-0.2, 0) is 12.8 Å². The van der Waals surface area contributed by atoms with Gasteiger partial charge in [-0.05, 0) is 19.4 Å². The molecule has 0 aliphatic carbocycles. The van der Waals surface area contributed by atoms with Crippen molar-refractivity contribution in [2.45, 2.75) is 26.7 Å². The molecule has 9 heteroatoms. The molecule has 3 rings (SSSR count). The molecule has 0 atom stereocenters. The second-order valence-electron chi connectivity index (χ2n) is 6.17. The molecule has 0 saturated carbocycles. The van der Waals surface area contributed by atoms with E-state index < -0.39 is 0 Å². The van der Waals surface area contributed by atoms with Crippen molar-refractivity contribution in [1.82, 2.24) is 19.6 Å². The molecule has 3 aromatic rings. The Morgan fingerprint density at radius 2 is 2.18 bits per heavy atom. The van der Waals surface area contributed by atoms with Crippen molar-refractivity contribution in [2.75, 3.05) is 30.8 Å². The number of aliphatic hydroxyl groups excluding tert-OH is 1. The Hall–Kier alpha value is -3.38. The van der Waals surface area contributed by atoms with Crippen molar-refractivity contribution < 1.29 is 9.84 Å². The third-order valence-corrected chi connectivity index (χ3v) is 4.33. The van der Waals surface area contributed by atoms with E-state index in [0.717, 1.165) is 23.4 Å². The molecule has 0 radical (unpaired) electrons. The van der Waals surface area contributed by atoms with Crippen LogP contribution in [0.4, 0.5) is 17.3 Å². The van der Waals surface area contributed by atoms with Crippen molar-refractivity contribution in [2.24, 2.45) is 0 Å². The number of nitrogens with two attached hydrogens (primary N) is 1. The average Bonchev–Trinajstić information content (AvgIpc) is 3.02. The molecule has 3 aromatic heterocycles. The topological polar surface area (TPSA) is 115 Å². The van der Waals surface area contributed by atoms with Gasteiger partial charge in [0.05, 0.1) is 18.9 Å². The lowest BCUT2D eigenvalue weighted by Crippen LogP contribution is -2.11. The zero-order chi connectivity index (χ0) is 20.1. The number of aryl methyl sites for hydroxylation is 2. The monoisotopic (exact) mass is 381 g/mol. The third-order valence-electron chi connectivity index (χ3n) is 4.33. The van der Waals surface area contributed by atoms with E-state index in [1.165, 1.54) is 4.52 Å². The number of ether oxygens (including phenoxy) is 1. The second kappa shape index (κ2) is 8.54. The van der Waals surface area contributed by atoms with Gasteiger partial charge >= 0.3 is 0 Å². The highest BCUT2D eigenvalue weighted by molar-refractivity contribution is 5.80. The normalized spacial score (nSPS) is 10.8. The maximum atomic E-state index is 8.84. The number of fused-ring (bicyclic) bond motifs is 1. The molecule has 0 amide bonds. The van der Waals surface area contributed by atoms with E-state index in [2.05, 4.69) is 25.2 Å². The predicted molar refractivity (Wildman–Crippen MR) is 107 cm³/mol. The molecular weight excluding hydrogens is 358 g/mol. The number of nitrogens with one attached hydrogen (secondary N) is 1. The minimum absolute atomic E-state index is 0.0593. The van der Waals surface area contributed by atoms with Gasteiger partial charge in [-0.1, -0.05) is 13.0 Å². The number of rotatable bonds is 8. The highest BCUT2D eigenvalue weighted by atomic mass is 16.5. The summed E-state index contributed by atoms with van der Waals surface area (Å²) >= 11 is 0. The van der Waals surface area contributed by atoms with Gasteiger partial charge in [-0.3, -0.25) is 0 Å². The molecular formula is C19H23N7O2. The number of hydrogen-bond donors (Lipinski definition) is 3. The van der Waals surface area contributed by atoms with Crippen LogP contribution in [0.5, 0.6) is 5.88 Å². The Balaban J connectivity index is 1.80. The van der Waals surface area contributed by atoms with E-state index in [-0.39, 0.29) is 24.7 Å². The number of aliphatic hydroxyl groups is 1. The van der Waals surface area contributed by atoms with Crippen LogP contribution in [-0.4, -0.2) is 44.4 Å². The Bertz CT molecular complexity index is 1020. The highest BCUT2D eigenvalue weighted by Crippen LogP contribution is 2.32. The van der Waals surface area contributed by atoms with Gasteiger partial charge in [-0.2, -0.15) is 5.10 Å². The zero-order valence-corrected chi connectivity index (χ0v) is 15.9. The molecule has 0 fully saturated rings. The number of pyridine rings is 1. The van der Waals surface area contributed by atoms with E-state index in [1.807, 2.05) is 26.0 Å². The second-order valence-corrected chi connectivity index (χ2v) is 6.17. The fourth-order valence-corrected chi connectivity index (χ4v) is 2.99. The smallest absolute Gasteiger partial charge is 0.268 e. The summed E-state index contributed by atoms with van der Waals surface area (Å²) in [5.41, 5.74) is 9.81. The average molecular weight is 381 g/mol. The molecule has 3 heterocycles. The Labute approximate surface area is 163 Å². The van der Waals surface area contributed by atoms with Crippen molar-refractivity contribution in [1.29, 1.82) is 0 Å². The van der Waals surface area contributed by atoms with Crippen molar-refractivity contribution in [3.8, 4) is 5.88 Å². The summed E-state index contributed by atoms with van der Waals surface area (Å²) in [4.78, 5) is 12.5. The molecule has 0 spiro atoms. The first kappa shape index (κ1) is 19.4. The van der Waals surface area contributed by atoms with Gasteiger partial charge in [0.25, 0.3) is 5.69 Å². The lowest BCUT2D eigenvalue weighted by atomic mass is 10.2. The van der Waals surface area contributed by atoms with Gasteiger partial charge in [0.2, 0.25) is 5.88 Å². The summed E-state index contributed by atoms with van der Waals surface area (Å²) < 4.78 is 6.87. The van der Waals surface area contributed by atoms with Crippen LogP contribution in [0.3, 0.4) is 0 Å². The summed E-state index contributed by atoms with van der Waals surface area (Å²) in [6.45, 7) is 12.1. The number of anilines is 2. The number of nitrogen functional groups attached to an aromatic ring is 1. The summed E-state index contributed by atoms with van der Waals surface area (Å²) in [5, 5.41) is 16.5. The number of aromatic nitrogens is 4. The van der Waals surface area contributed by atoms with Crippen LogP contribution in [0.1, 0.15) is 23.9 Å². The zero-order valence-electron chi connectivity index (χ0n) is 15.9. The first-order valence-electron chi connectivity index (χ1n) is 9.07. The molecule has 0 unspecified atom stereocenters. The SMILES string of the molecule is [C-]#[N+]c1c(NCCc2cccc(OCCO)n2)nc2c(CC)c(C)nn2c1N. The van der Waals surface area contributed by atoms with Crippen LogP contribution >= 0.6 is 0 Å². The molecule has 0 saturated heterocycles. The van der Waals surface area contributed by atoms with Gasteiger partial charge in [-0.25, -0.2) is 19.3 Å². The molecule has 0 aliphatic heterocycles. The summed E-state index contributed by atoms with van der Waals surface area (Å²) in [6, 6.07) is 5.49. The Morgan fingerprint density at radius 3 is 2.89 bits per heavy atom. The number of nitrogens with zero attached hydrogens (tertiary/aromatic N) is 5. The fourth-order valence-electron chi connectivity index (χ4n) is 2.99. The molecule has 0 aromatic carbocycles. The number of hydrogen-bond acceptors (Lipinski definition) is 7. The standard InChI is InChI=1S/C19H23N7O2/c1-4-14-12(2)25-26-17(20)16(21-3)18(24-19(14)26)22-9-8-13-6-5-7-15(23-13)28-11-10-27/h5-7,27H,4,8-11,20H2,1-2H3,(H,22,24). The quantitative estimate of drug-likeness (QED) is 0.512. The highest BCUT2D eigenvalue weighted by Gasteiger charge is 2.18. The van der Waals surface area contributed by atoms with Gasteiger partial charge < -0.3 is 20.9 Å². The van der Waals surface area contributed by atoms with Crippen molar-refractivity contribution in [3.63, 3.8) is 0 Å². The van der Waals surface area contributed by atoms with Crippen LogP contribution in [0, 0.1) is 13.5 Å². The van der Waals surface area contributed by atoms with E-state index >= 15 is 0 Å².